The number of carboxylic acids is 1. The summed E-state index contributed by atoms with van der Waals surface area (Å²) in [6, 6.07) is 0. The third kappa shape index (κ3) is 5.14. The molecule has 0 aromatic rings. The minimum atomic E-state index is -0.685. The Morgan fingerprint density at radius 2 is 2.27 bits per heavy atom. The van der Waals surface area contributed by atoms with Crippen molar-refractivity contribution in [1.29, 1.82) is 0 Å². The number of rotatable bonds is 7. The van der Waals surface area contributed by atoms with E-state index in [1.54, 1.807) is 7.11 Å². The van der Waals surface area contributed by atoms with Crippen molar-refractivity contribution in [3.05, 3.63) is 0 Å². The van der Waals surface area contributed by atoms with Crippen molar-refractivity contribution >= 4 is 5.97 Å². The van der Waals surface area contributed by atoms with Crippen LogP contribution in [0, 0.1) is 0 Å². The maximum absolute atomic E-state index is 10.3. The zero-order valence-corrected chi connectivity index (χ0v) is 9.45. The molecule has 0 aromatic carbocycles. The summed E-state index contributed by atoms with van der Waals surface area (Å²) in [6.45, 7) is 3.24. The van der Waals surface area contributed by atoms with Crippen LogP contribution in [0.5, 0.6) is 0 Å². The summed E-state index contributed by atoms with van der Waals surface area (Å²) in [4.78, 5) is 12.7. The van der Waals surface area contributed by atoms with Gasteiger partial charge in [-0.2, -0.15) is 0 Å². The van der Waals surface area contributed by atoms with Crippen molar-refractivity contribution in [1.82, 2.24) is 4.90 Å². The minimum absolute atomic E-state index is 0.306. The largest absolute Gasteiger partial charge is 0.481 e. The molecule has 0 amide bonds. The molecule has 1 atom stereocenters. The molecule has 0 aromatic heterocycles. The van der Waals surface area contributed by atoms with Gasteiger partial charge in [-0.25, -0.2) is 0 Å². The van der Waals surface area contributed by atoms with Crippen LogP contribution < -0.4 is 0 Å². The number of carboxylic acid groups (broad SMARTS) is 1. The molecule has 0 saturated carbocycles. The molecule has 1 unspecified atom stereocenters. The van der Waals surface area contributed by atoms with Gasteiger partial charge in [-0.3, -0.25) is 4.79 Å². The third-order valence-electron chi connectivity index (χ3n) is 2.93. The van der Waals surface area contributed by atoms with Gasteiger partial charge >= 0.3 is 5.97 Å². The molecule has 1 rings (SSSR count). The van der Waals surface area contributed by atoms with Gasteiger partial charge in [0.1, 0.15) is 0 Å². The molecular formula is C11H21NO3. The van der Waals surface area contributed by atoms with Crippen LogP contribution in [0.3, 0.4) is 0 Å². The first-order chi connectivity index (χ1) is 7.22. The van der Waals surface area contributed by atoms with Crippen LogP contribution in [0.15, 0.2) is 0 Å². The molecule has 1 N–H and O–H groups in total. The summed E-state index contributed by atoms with van der Waals surface area (Å²) >= 11 is 0. The number of unbranched alkanes of at least 4 members (excludes halogenated alkanes) is 2. The van der Waals surface area contributed by atoms with E-state index in [1.807, 2.05) is 0 Å². The molecule has 15 heavy (non-hydrogen) atoms. The normalized spacial score (nSPS) is 22.1. The van der Waals surface area contributed by atoms with E-state index in [2.05, 4.69) is 4.90 Å². The standard InChI is InChI=1S/C11H21NO3/c1-15-10-6-8-12(9-10)7-4-2-3-5-11(13)14/h10H,2-9H2,1H3,(H,13,14). The predicted octanol–water partition coefficient (Wildman–Crippen LogP) is 1.35. The highest BCUT2D eigenvalue weighted by Crippen LogP contribution is 2.12. The lowest BCUT2D eigenvalue weighted by molar-refractivity contribution is -0.137. The van der Waals surface area contributed by atoms with E-state index in [4.69, 9.17) is 9.84 Å². The molecule has 0 bridgehead atoms. The highest BCUT2D eigenvalue weighted by Gasteiger charge is 2.20. The molecule has 88 valence electrons. The molecule has 1 fully saturated rings. The minimum Gasteiger partial charge on any atom is -0.481 e. The van der Waals surface area contributed by atoms with Crippen LogP contribution in [0.4, 0.5) is 0 Å². The van der Waals surface area contributed by atoms with Gasteiger partial charge in [0.2, 0.25) is 0 Å². The molecule has 1 aliphatic rings. The summed E-state index contributed by atoms with van der Waals surface area (Å²) in [5.74, 6) is -0.685. The molecular weight excluding hydrogens is 194 g/mol. The molecule has 1 aliphatic heterocycles. The van der Waals surface area contributed by atoms with Gasteiger partial charge in [-0.15, -0.1) is 0 Å². The number of likely N-dealkylation sites (tertiary alicyclic amines) is 1. The van der Waals surface area contributed by atoms with E-state index in [9.17, 15) is 4.79 Å². The number of nitrogens with zero attached hydrogens (tertiary/aromatic N) is 1. The fourth-order valence-corrected chi connectivity index (χ4v) is 1.98. The first kappa shape index (κ1) is 12.5. The Hall–Kier alpha value is -0.610. The van der Waals surface area contributed by atoms with Crippen molar-refractivity contribution in [2.45, 2.75) is 38.2 Å². The number of aliphatic carboxylic acids is 1. The van der Waals surface area contributed by atoms with Gasteiger partial charge in [0.15, 0.2) is 0 Å². The van der Waals surface area contributed by atoms with Crippen molar-refractivity contribution in [2.75, 3.05) is 26.7 Å². The number of carbonyl (C=O) groups is 1. The summed E-state index contributed by atoms with van der Waals surface area (Å²) in [5.41, 5.74) is 0. The molecule has 1 saturated heterocycles. The Kier molecular flexibility index (Phi) is 5.65. The summed E-state index contributed by atoms with van der Waals surface area (Å²) in [5, 5.41) is 8.46. The lowest BCUT2D eigenvalue weighted by atomic mass is 10.2. The highest BCUT2D eigenvalue weighted by molar-refractivity contribution is 5.66. The van der Waals surface area contributed by atoms with Crippen molar-refractivity contribution in [3.63, 3.8) is 0 Å². The second-order valence-corrected chi connectivity index (χ2v) is 4.15. The van der Waals surface area contributed by atoms with Crippen molar-refractivity contribution < 1.29 is 14.6 Å². The molecule has 1 heterocycles. The average Bonchev–Trinajstić information content (AvgIpc) is 2.65. The molecule has 0 spiro atoms. The quantitative estimate of drug-likeness (QED) is 0.651. The lowest BCUT2D eigenvalue weighted by Crippen LogP contribution is -2.23. The van der Waals surface area contributed by atoms with E-state index in [-0.39, 0.29) is 0 Å². The summed E-state index contributed by atoms with van der Waals surface area (Å²) in [7, 11) is 1.76. The molecule has 4 nitrogen and oxygen atoms in total. The van der Waals surface area contributed by atoms with Gasteiger partial charge in [0.05, 0.1) is 6.10 Å². The Labute approximate surface area is 91.2 Å². The van der Waals surface area contributed by atoms with E-state index < -0.39 is 5.97 Å². The fraction of sp³-hybridized carbons (Fsp3) is 0.909. The Bertz CT molecular complexity index is 196. The smallest absolute Gasteiger partial charge is 0.303 e. The zero-order valence-electron chi connectivity index (χ0n) is 9.45. The van der Waals surface area contributed by atoms with E-state index >= 15 is 0 Å². The van der Waals surface area contributed by atoms with E-state index in [0.717, 1.165) is 45.3 Å². The van der Waals surface area contributed by atoms with Gasteiger partial charge < -0.3 is 14.7 Å². The van der Waals surface area contributed by atoms with Crippen LogP contribution >= 0.6 is 0 Å². The fourth-order valence-electron chi connectivity index (χ4n) is 1.98. The second kappa shape index (κ2) is 6.80. The van der Waals surface area contributed by atoms with Crippen LogP contribution in [0.1, 0.15) is 32.1 Å². The lowest BCUT2D eigenvalue weighted by Gasteiger charge is -2.14. The van der Waals surface area contributed by atoms with Crippen LogP contribution in [-0.2, 0) is 9.53 Å². The predicted molar refractivity (Wildman–Crippen MR) is 58.0 cm³/mol. The van der Waals surface area contributed by atoms with Crippen LogP contribution in [0.25, 0.3) is 0 Å². The first-order valence-corrected chi connectivity index (χ1v) is 5.69. The van der Waals surface area contributed by atoms with Gasteiger partial charge in [0.25, 0.3) is 0 Å². The maximum Gasteiger partial charge on any atom is 0.303 e. The first-order valence-electron chi connectivity index (χ1n) is 5.69. The van der Waals surface area contributed by atoms with E-state index in [1.165, 1.54) is 0 Å². The van der Waals surface area contributed by atoms with Crippen LogP contribution in [-0.4, -0.2) is 48.8 Å². The van der Waals surface area contributed by atoms with Gasteiger partial charge in [0, 0.05) is 26.6 Å². The Balaban J connectivity index is 1.94. The third-order valence-corrected chi connectivity index (χ3v) is 2.93. The second-order valence-electron chi connectivity index (χ2n) is 4.15. The van der Waals surface area contributed by atoms with Crippen LogP contribution in [0.2, 0.25) is 0 Å². The molecule has 4 heteroatoms. The summed E-state index contributed by atoms with van der Waals surface area (Å²) < 4.78 is 5.28. The zero-order chi connectivity index (χ0) is 11.1. The van der Waals surface area contributed by atoms with Crippen molar-refractivity contribution in [3.8, 4) is 0 Å². The average molecular weight is 215 g/mol. The Morgan fingerprint density at radius 1 is 1.47 bits per heavy atom. The number of hydrogen-bond donors (Lipinski definition) is 1. The van der Waals surface area contributed by atoms with Gasteiger partial charge in [-0.05, 0) is 25.8 Å². The maximum atomic E-state index is 10.3. The summed E-state index contributed by atoms with van der Waals surface area (Å²) in [6.07, 6.45) is 4.76. The van der Waals surface area contributed by atoms with Crippen molar-refractivity contribution in [2.24, 2.45) is 0 Å². The Morgan fingerprint density at radius 3 is 2.87 bits per heavy atom. The monoisotopic (exact) mass is 215 g/mol. The van der Waals surface area contributed by atoms with E-state index in [0.29, 0.717) is 12.5 Å². The number of ether oxygens (including phenoxy) is 1. The highest BCUT2D eigenvalue weighted by atomic mass is 16.5. The topological polar surface area (TPSA) is 49.8 Å². The number of methoxy groups -OCH3 is 1. The number of hydrogen-bond acceptors (Lipinski definition) is 3. The molecule has 0 radical (unpaired) electrons. The van der Waals surface area contributed by atoms with Gasteiger partial charge in [-0.1, -0.05) is 6.42 Å². The molecule has 0 aliphatic carbocycles. The SMILES string of the molecule is COC1CCN(CCCCCC(=O)O)C1.